The summed E-state index contributed by atoms with van der Waals surface area (Å²) in [7, 11) is 0. The third-order valence-electron chi connectivity index (χ3n) is 5.12. The molecule has 139 valence electrons. The Bertz CT molecular complexity index is 305. The van der Waals surface area contributed by atoms with Gasteiger partial charge in [-0.15, -0.1) is 0 Å². The molecule has 0 spiro atoms. The first kappa shape index (κ1) is 21.3. The van der Waals surface area contributed by atoms with E-state index in [0.29, 0.717) is 0 Å². The molecule has 0 saturated heterocycles. The maximum absolute atomic E-state index is 3.12. The molecule has 1 heteroatoms. The molecule has 1 radical (unpaired) electrons. The fourth-order valence-corrected chi connectivity index (χ4v) is 3.48. The predicted octanol–water partition coefficient (Wildman–Crippen LogP) is 7.44. The van der Waals surface area contributed by atoms with Gasteiger partial charge in [0, 0.05) is 13.1 Å². The van der Waals surface area contributed by atoms with Crippen LogP contribution in [0.4, 0.5) is 0 Å². The summed E-state index contributed by atoms with van der Waals surface area (Å²) in [4.78, 5) is 2.39. The predicted molar refractivity (Wildman–Crippen MR) is 108 cm³/mol. The molecule has 0 aliphatic carbocycles. The average Bonchev–Trinajstić information content (AvgIpc) is 2.62. The van der Waals surface area contributed by atoms with Gasteiger partial charge in [0.1, 0.15) is 0 Å². The quantitative estimate of drug-likeness (QED) is 0.250. The second kappa shape index (κ2) is 17.1. The van der Waals surface area contributed by atoms with Crippen molar-refractivity contribution in [3.63, 3.8) is 0 Å². The van der Waals surface area contributed by atoms with Crippen molar-refractivity contribution >= 4 is 0 Å². The highest BCUT2D eigenvalue weighted by Crippen LogP contribution is 2.14. The van der Waals surface area contributed by atoms with E-state index < -0.39 is 0 Å². The standard InChI is InChI=1S/C23H42N/c1-2-3-4-5-6-7-8-9-10-11-12-13-14-15-16-18-21-24-22-19-17-20-23-24/h19-20,22H,2-16,18,21,23H2,1H3. The van der Waals surface area contributed by atoms with E-state index in [4.69, 9.17) is 0 Å². The van der Waals surface area contributed by atoms with E-state index in [1.807, 2.05) is 6.08 Å². The third-order valence-corrected chi connectivity index (χ3v) is 5.12. The van der Waals surface area contributed by atoms with Crippen LogP contribution < -0.4 is 0 Å². The zero-order valence-corrected chi connectivity index (χ0v) is 16.4. The molecular weight excluding hydrogens is 290 g/mol. The van der Waals surface area contributed by atoms with E-state index >= 15 is 0 Å². The van der Waals surface area contributed by atoms with Crippen LogP contribution >= 0.6 is 0 Å². The molecule has 0 amide bonds. The second-order valence-electron chi connectivity index (χ2n) is 7.48. The van der Waals surface area contributed by atoms with Crippen molar-refractivity contribution in [1.29, 1.82) is 0 Å². The van der Waals surface area contributed by atoms with Crippen molar-refractivity contribution in [3.8, 4) is 0 Å². The Kier molecular flexibility index (Phi) is 15.2. The molecule has 1 heterocycles. The third kappa shape index (κ3) is 13.7. The molecule has 0 unspecified atom stereocenters. The summed E-state index contributed by atoms with van der Waals surface area (Å²) >= 11 is 0. The van der Waals surface area contributed by atoms with Crippen molar-refractivity contribution in [3.05, 3.63) is 24.4 Å². The molecule has 24 heavy (non-hydrogen) atoms. The van der Waals surface area contributed by atoms with E-state index in [9.17, 15) is 0 Å². The lowest BCUT2D eigenvalue weighted by molar-refractivity contribution is 0.391. The fraction of sp³-hybridized carbons (Fsp3) is 0.826. The van der Waals surface area contributed by atoms with Gasteiger partial charge in [0.2, 0.25) is 0 Å². The van der Waals surface area contributed by atoms with E-state index in [0.717, 1.165) is 6.54 Å². The summed E-state index contributed by atoms with van der Waals surface area (Å²) in [5.41, 5.74) is 0. The fourth-order valence-electron chi connectivity index (χ4n) is 3.48. The highest BCUT2D eigenvalue weighted by atomic mass is 15.1. The van der Waals surface area contributed by atoms with Gasteiger partial charge in [0.25, 0.3) is 0 Å². The van der Waals surface area contributed by atoms with Crippen LogP contribution in [-0.2, 0) is 0 Å². The molecule has 1 nitrogen and oxygen atoms in total. The van der Waals surface area contributed by atoms with Crippen molar-refractivity contribution in [1.82, 2.24) is 4.90 Å². The molecule has 0 aromatic heterocycles. The van der Waals surface area contributed by atoms with Gasteiger partial charge < -0.3 is 4.90 Å². The Morgan fingerprint density at radius 1 is 0.667 bits per heavy atom. The largest absolute Gasteiger partial charge is 0.374 e. The van der Waals surface area contributed by atoms with Gasteiger partial charge in [0.05, 0.1) is 0 Å². The summed E-state index contributed by atoms with van der Waals surface area (Å²) in [6, 6.07) is 0. The van der Waals surface area contributed by atoms with Crippen LogP contribution in [0.1, 0.15) is 110 Å². The van der Waals surface area contributed by atoms with E-state index in [1.165, 1.54) is 109 Å². The zero-order chi connectivity index (χ0) is 17.1. The molecule has 0 aromatic rings. The number of nitrogens with zero attached hydrogens (tertiary/aromatic N) is 1. The summed E-state index contributed by atoms with van der Waals surface area (Å²) in [5.74, 6) is 0. The average molecular weight is 333 g/mol. The van der Waals surface area contributed by atoms with Gasteiger partial charge in [0.15, 0.2) is 0 Å². The van der Waals surface area contributed by atoms with E-state index in [1.54, 1.807) is 0 Å². The Hall–Kier alpha value is -0.720. The van der Waals surface area contributed by atoms with Gasteiger partial charge in [-0.2, -0.15) is 0 Å². The molecule has 0 saturated carbocycles. The first-order chi connectivity index (χ1) is 11.9. The Labute approximate surface area is 152 Å². The van der Waals surface area contributed by atoms with Crippen LogP contribution in [-0.4, -0.2) is 18.0 Å². The van der Waals surface area contributed by atoms with Crippen LogP contribution in [0, 0.1) is 6.08 Å². The molecule has 0 aromatic carbocycles. The van der Waals surface area contributed by atoms with Gasteiger partial charge in [-0.3, -0.25) is 0 Å². The molecule has 1 aliphatic rings. The van der Waals surface area contributed by atoms with Crippen molar-refractivity contribution in [2.75, 3.05) is 13.1 Å². The Balaban J connectivity index is 1.67. The number of unbranched alkanes of at least 4 members (excludes halogenated alkanes) is 15. The normalized spacial score (nSPS) is 13.8. The van der Waals surface area contributed by atoms with Crippen LogP contribution in [0.25, 0.3) is 0 Å². The molecule has 0 fully saturated rings. The highest BCUT2D eigenvalue weighted by molar-refractivity contribution is 5.02. The van der Waals surface area contributed by atoms with Crippen LogP contribution in [0.15, 0.2) is 18.4 Å². The van der Waals surface area contributed by atoms with Gasteiger partial charge in [-0.25, -0.2) is 0 Å². The first-order valence-corrected chi connectivity index (χ1v) is 10.9. The second-order valence-corrected chi connectivity index (χ2v) is 7.48. The minimum atomic E-state index is 1.05. The van der Waals surface area contributed by atoms with Gasteiger partial charge >= 0.3 is 0 Å². The van der Waals surface area contributed by atoms with Gasteiger partial charge in [-0.05, 0) is 24.8 Å². The molecule has 0 atom stereocenters. The van der Waals surface area contributed by atoms with Crippen molar-refractivity contribution in [2.45, 2.75) is 110 Å². The molecule has 0 bridgehead atoms. The topological polar surface area (TPSA) is 3.24 Å². The van der Waals surface area contributed by atoms with Gasteiger partial charge in [-0.1, -0.05) is 109 Å². The molecule has 0 N–H and O–H groups in total. The number of allylic oxidation sites excluding steroid dienone is 2. The smallest absolute Gasteiger partial charge is 0.0363 e. The minimum absolute atomic E-state index is 1.05. The molecular formula is C23H42N. The summed E-state index contributed by atoms with van der Waals surface area (Å²) in [6.07, 6.45) is 32.5. The Morgan fingerprint density at radius 3 is 1.54 bits per heavy atom. The van der Waals surface area contributed by atoms with Crippen LogP contribution in [0.2, 0.25) is 0 Å². The number of rotatable bonds is 17. The number of hydrogen-bond donors (Lipinski definition) is 0. The first-order valence-electron chi connectivity index (χ1n) is 10.9. The maximum atomic E-state index is 3.12. The van der Waals surface area contributed by atoms with E-state index in [2.05, 4.69) is 30.2 Å². The minimum Gasteiger partial charge on any atom is -0.374 e. The summed E-state index contributed by atoms with van der Waals surface area (Å²) in [5, 5.41) is 0. The van der Waals surface area contributed by atoms with Crippen molar-refractivity contribution in [2.24, 2.45) is 0 Å². The lowest BCUT2D eigenvalue weighted by Crippen LogP contribution is -2.19. The Morgan fingerprint density at radius 2 is 1.12 bits per heavy atom. The van der Waals surface area contributed by atoms with E-state index in [-0.39, 0.29) is 0 Å². The number of hydrogen-bond acceptors (Lipinski definition) is 1. The lowest BCUT2D eigenvalue weighted by Gasteiger charge is -2.19. The van der Waals surface area contributed by atoms with Crippen LogP contribution in [0.3, 0.4) is 0 Å². The highest BCUT2D eigenvalue weighted by Gasteiger charge is 1.99. The molecule has 1 rings (SSSR count). The SMILES string of the molecule is CCCCCCCCCCCCCCCCCCN1C=C[C]=CC1. The van der Waals surface area contributed by atoms with Crippen molar-refractivity contribution < 1.29 is 0 Å². The summed E-state index contributed by atoms with van der Waals surface area (Å²) < 4.78 is 0. The zero-order valence-electron chi connectivity index (χ0n) is 16.4. The molecule has 1 aliphatic heterocycles. The van der Waals surface area contributed by atoms with Crippen LogP contribution in [0.5, 0.6) is 0 Å². The lowest BCUT2D eigenvalue weighted by atomic mass is 10.0. The maximum Gasteiger partial charge on any atom is 0.0363 e. The summed E-state index contributed by atoms with van der Waals surface area (Å²) in [6.45, 7) is 4.56. The monoisotopic (exact) mass is 332 g/mol.